The molecule has 0 N–H and O–H groups in total. The van der Waals surface area contributed by atoms with Crippen molar-refractivity contribution < 1.29 is 23.5 Å². The maximum absolute atomic E-state index is 15.3. The Morgan fingerprint density at radius 2 is 1.94 bits per heavy atom. The van der Waals surface area contributed by atoms with Crippen molar-refractivity contribution in [3.8, 4) is 6.01 Å². The average Bonchev–Trinajstić information content (AvgIpc) is 3.23. The molecule has 0 aliphatic carbocycles. The Kier molecular flexibility index (Phi) is 7.46. The number of likely N-dealkylation sites (tertiary alicyclic amines) is 1. The van der Waals surface area contributed by atoms with Gasteiger partial charge in [0.25, 0.3) is 0 Å². The van der Waals surface area contributed by atoms with Crippen LogP contribution in [0.25, 0.3) is 10.9 Å². The van der Waals surface area contributed by atoms with Crippen molar-refractivity contribution in [2.45, 2.75) is 45.3 Å². The lowest BCUT2D eigenvalue weighted by molar-refractivity contribution is 0.0240. The molecule has 1 unspecified atom stereocenters. The fraction of sp³-hybridized carbons (Fsp3) is 0.583. The van der Waals surface area contributed by atoms with Gasteiger partial charge in [0.15, 0.2) is 12.1 Å². The number of rotatable bonds is 5. The van der Waals surface area contributed by atoms with Crippen LogP contribution in [0.1, 0.15) is 44.0 Å². The highest BCUT2D eigenvalue weighted by Gasteiger charge is 2.29. The standard InChI is InChI=1S/C24H31BrFN5O4/c1-24(2,3)35-23(33)31-10-8-30(9-11-31)21-17-12-15(13-32)18(25)19(26)20(17)27-22(28-21)34-14-16-6-5-7-29(16)4/h12-13,16H,5-11,14H2,1-4H3. The summed E-state index contributed by atoms with van der Waals surface area (Å²) in [6.45, 7) is 8.67. The average molecular weight is 552 g/mol. The molecule has 2 aliphatic heterocycles. The molecule has 1 atom stereocenters. The Hall–Kier alpha value is -2.53. The van der Waals surface area contributed by atoms with Crippen LogP contribution in [-0.2, 0) is 4.74 Å². The van der Waals surface area contributed by atoms with E-state index in [0.29, 0.717) is 50.3 Å². The van der Waals surface area contributed by atoms with Gasteiger partial charge in [-0.3, -0.25) is 4.79 Å². The molecule has 4 rings (SSSR count). The molecule has 1 aromatic carbocycles. The number of likely N-dealkylation sites (N-methyl/N-ethyl adjacent to an activating group) is 1. The first-order valence-corrected chi connectivity index (χ1v) is 12.6. The number of halogens is 2. The van der Waals surface area contributed by atoms with Gasteiger partial charge in [0.2, 0.25) is 0 Å². The number of amides is 1. The Balaban J connectivity index is 1.63. The summed E-state index contributed by atoms with van der Waals surface area (Å²) in [5, 5.41) is 0.420. The topological polar surface area (TPSA) is 88.1 Å². The van der Waals surface area contributed by atoms with Crippen molar-refractivity contribution in [1.82, 2.24) is 19.8 Å². The van der Waals surface area contributed by atoms with Crippen LogP contribution in [0.5, 0.6) is 6.01 Å². The number of benzene rings is 1. The van der Waals surface area contributed by atoms with Crippen LogP contribution in [0.2, 0.25) is 0 Å². The fourth-order valence-electron chi connectivity index (χ4n) is 4.37. The second-order valence-electron chi connectivity index (χ2n) is 9.98. The van der Waals surface area contributed by atoms with E-state index in [1.807, 2.05) is 25.7 Å². The number of aromatic nitrogens is 2. The summed E-state index contributed by atoms with van der Waals surface area (Å²) >= 11 is 3.17. The molecule has 9 nitrogen and oxygen atoms in total. The normalized spacial score (nSPS) is 19.3. The molecule has 2 aromatic rings. The fourth-order valence-corrected chi connectivity index (χ4v) is 4.76. The first kappa shape index (κ1) is 25.6. The number of nitrogens with zero attached hydrogens (tertiary/aromatic N) is 5. The minimum absolute atomic E-state index is 0.0564. The monoisotopic (exact) mass is 551 g/mol. The third kappa shape index (κ3) is 5.66. The maximum Gasteiger partial charge on any atom is 0.410 e. The zero-order valence-corrected chi connectivity index (χ0v) is 22.1. The Morgan fingerprint density at radius 1 is 1.23 bits per heavy atom. The second-order valence-corrected chi connectivity index (χ2v) is 10.8. The van der Waals surface area contributed by atoms with E-state index in [4.69, 9.17) is 9.47 Å². The van der Waals surface area contributed by atoms with E-state index in [1.165, 1.54) is 0 Å². The van der Waals surface area contributed by atoms with E-state index in [-0.39, 0.29) is 33.7 Å². The van der Waals surface area contributed by atoms with Crippen LogP contribution in [0.3, 0.4) is 0 Å². The Bertz CT molecular complexity index is 1120. The van der Waals surface area contributed by atoms with Gasteiger partial charge in [-0.25, -0.2) is 9.18 Å². The lowest BCUT2D eigenvalue weighted by Crippen LogP contribution is -2.50. The van der Waals surface area contributed by atoms with Gasteiger partial charge in [-0.2, -0.15) is 9.97 Å². The summed E-state index contributed by atoms with van der Waals surface area (Å²) in [5.74, 6) is -0.161. The Labute approximate surface area is 212 Å². The van der Waals surface area contributed by atoms with Crippen molar-refractivity contribution in [3.63, 3.8) is 0 Å². The van der Waals surface area contributed by atoms with Crippen LogP contribution in [0.15, 0.2) is 10.5 Å². The minimum Gasteiger partial charge on any atom is -0.462 e. The SMILES string of the molecule is CN1CCCC1COc1nc(N2CCN(C(=O)OC(C)(C)C)CC2)c2cc(C=O)c(Br)c(F)c2n1. The smallest absolute Gasteiger partial charge is 0.410 e. The number of hydrogen-bond donors (Lipinski definition) is 0. The van der Waals surface area contributed by atoms with Crippen LogP contribution in [0, 0.1) is 5.82 Å². The molecule has 0 spiro atoms. The predicted octanol–water partition coefficient (Wildman–Crippen LogP) is 3.87. The molecule has 0 bridgehead atoms. The molecule has 2 saturated heterocycles. The highest BCUT2D eigenvalue weighted by atomic mass is 79.9. The first-order chi connectivity index (χ1) is 16.6. The van der Waals surface area contributed by atoms with Gasteiger partial charge in [0.05, 0.1) is 4.47 Å². The number of fused-ring (bicyclic) bond motifs is 1. The summed E-state index contributed by atoms with van der Waals surface area (Å²) in [6, 6.07) is 1.93. The molecule has 2 aliphatic rings. The lowest BCUT2D eigenvalue weighted by Gasteiger charge is -2.36. The zero-order valence-electron chi connectivity index (χ0n) is 20.5. The van der Waals surface area contributed by atoms with Crippen molar-refractivity contribution >= 4 is 45.0 Å². The molecule has 1 aromatic heterocycles. The highest BCUT2D eigenvalue weighted by molar-refractivity contribution is 9.10. The van der Waals surface area contributed by atoms with Crippen LogP contribution >= 0.6 is 15.9 Å². The molecule has 190 valence electrons. The van der Waals surface area contributed by atoms with Crippen LogP contribution in [-0.4, -0.2) is 90.2 Å². The molecule has 1 amide bonds. The van der Waals surface area contributed by atoms with E-state index in [0.717, 1.165) is 19.4 Å². The van der Waals surface area contributed by atoms with Gasteiger partial charge >= 0.3 is 12.1 Å². The van der Waals surface area contributed by atoms with Gasteiger partial charge in [-0.15, -0.1) is 0 Å². The molecule has 3 heterocycles. The van der Waals surface area contributed by atoms with E-state index in [2.05, 4.69) is 37.8 Å². The molecule has 11 heteroatoms. The third-order valence-corrected chi connectivity index (χ3v) is 7.10. The summed E-state index contributed by atoms with van der Waals surface area (Å²) in [7, 11) is 2.05. The van der Waals surface area contributed by atoms with Gasteiger partial charge in [-0.1, -0.05) is 0 Å². The number of hydrogen-bond acceptors (Lipinski definition) is 8. The van der Waals surface area contributed by atoms with E-state index in [9.17, 15) is 9.59 Å². The minimum atomic E-state index is -0.636. The molecule has 2 fully saturated rings. The molecular weight excluding hydrogens is 521 g/mol. The lowest BCUT2D eigenvalue weighted by atomic mass is 10.1. The maximum atomic E-state index is 15.3. The summed E-state index contributed by atoms with van der Waals surface area (Å²) < 4.78 is 26.7. The summed E-state index contributed by atoms with van der Waals surface area (Å²) in [5.41, 5.74) is -0.322. The van der Waals surface area contributed by atoms with E-state index < -0.39 is 11.4 Å². The summed E-state index contributed by atoms with van der Waals surface area (Å²) in [6.07, 6.45) is 2.35. The summed E-state index contributed by atoms with van der Waals surface area (Å²) in [4.78, 5) is 38.8. The zero-order chi connectivity index (χ0) is 25.3. The Morgan fingerprint density at radius 3 is 2.54 bits per heavy atom. The largest absolute Gasteiger partial charge is 0.462 e. The highest BCUT2D eigenvalue weighted by Crippen LogP contribution is 2.34. The van der Waals surface area contributed by atoms with Gasteiger partial charge in [0.1, 0.15) is 23.5 Å². The van der Waals surface area contributed by atoms with Crippen molar-refractivity contribution in [2.75, 3.05) is 51.3 Å². The molecule has 0 saturated carbocycles. The van der Waals surface area contributed by atoms with E-state index >= 15 is 4.39 Å². The number of anilines is 1. The van der Waals surface area contributed by atoms with Gasteiger partial charge in [0, 0.05) is 43.2 Å². The number of piperazine rings is 1. The number of carbonyl (C=O) groups is 2. The number of carbonyl (C=O) groups excluding carboxylic acids is 2. The van der Waals surface area contributed by atoms with Crippen molar-refractivity contribution in [2.24, 2.45) is 0 Å². The van der Waals surface area contributed by atoms with Crippen molar-refractivity contribution in [3.05, 3.63) is 21.9 Å². The van der Waals surface area contributed by atoms with Crippen LogP contribution < -0.4 is 9.64 Å². The van der Waals surface area contributed by atoms with Crippen LogP contribution in [0.4, 0.5) is 15.0 Å². The number of ether oxygens (including phenoxy) is 2. The molecular formula is C24H31BrFN5O4. The second kappa shape index (κ2) is 10.2. The number of aldehydes is 1. The van der Waals surface area contributed by atoms with Crippen molar-refractivity contribution in [1.29, 1.82) is 0 Å². The quantitative estimate of drug-likeness (QED) is 0.517. The molecule has 0 radical (unpaired) electrons. The predicted molar refractivity (Wildman–Crippen MR) is 134 cm³/mol. The third-order valence-electron chi connectivity index (χ3n) is 6.29. The molecule has 35 heavy (non-hydrogen) atoms. The van der Waals surface area contributed by atoms with E-state index in [1.54, 1.807) is 11.0 Å². The van der Waals surface area contributed by atoms with Gasteiger partial charge < -0.3 is 24.2 Å². The first-order valence-electron chi connectivity index (χ1n) is 11.8. The van der Waals surface area contributed by atoms with Gasteiger partial charge in [-0.05, 0) is 69.2 Å².